The highest BCUT2D eigenvalue weighted by atomic mass is 19.1. The molecule has 0 fully saturated rings. The molecule has 2 rings (SSSR count). The van der Waals surface area contributed by atoms with E-state index in [9.17, 15) is 4.39 Å². The SMILES string of the molecule is CCNc1ncc(F)c(N(C)c2ccc(CC)cc2)n1. The van der Waals surface area contributed by atoms with Crippen LogP contribution >= 0.6 is 0 Å². The fourth-order valence-corrected chi connectivity index (χ4v) is 1.91. The van der Waals surface area contributed by atoms with Crippen LogP contribution < -0.4 is 10.2 Å². The Labute approximate surface area is 118 Å². The number of aryl methyl sites for hydroxylation is 1. The smallest absolute Gasteiger partial charge is 0.224 e. The van der Waals surface area contributed by atoms with Gasteiger partial charge < -0.3 is 10.2 Å². The molecule has 1 heterocycles. The Bertz CT molecular complexity index is 569. The fourth-order valence-electron chi connectivity index (χ4n) is 1.91. The maximum absolute atomic E-state index is 13.9. The monoisotopic (exact) mass is 274 g/mol. The van der Waals surface area contributed by atoms with E-state index in [0.717, 1.165) is 12.1 Å². The molecule has 20 heavy (non-hydrogen) atoms. The summed E-state index contributed by atoms with van der Waals surface area (Å²) in [6, 6.07) is 8.01. The minimum Gasteiger partial charge on any atom is -0.354 e. The molecule has 0 aliphatic rings. The molecule has 2 aromatic rings. The van der Waals surface area contributed by atoms with E-state index in [2.05, 4.69) is 22.2 Å². The van der Waals surface area contributed by atoms with Crippen molar-refractivity contribution in [1.82, 2.24) is 9.97 Å². The number of aromatic nitrogens is 2. The normalized spacial score (nSPS) is 10.4. The van der Waals surface area contributed by atoms with Crippen LogP contribution in [0.3, 0.4) is 0 Å². The average molecular weight is 274 g/mol. The van der Waals surface area contributed by atoms with Gasteiger partial charge in [-0.25, -0.2) is 9.37 Å². The van der Waals surface area contributed by atoms with Crippen LogP contribution in [0.5, 0.6) is 0 Å². The van der Waals surface area contributed by atoms with Crippen molar-refractivity contribution < 1.29 is 4.39 Å². The molecule has 0 aliphatic carbocycles. The van der Waals surface area contributed by atoms with Gasteiger partial charge in [-0.1, -0.05) is 19.1 Å². The topological polar surface area (TPSA) is 41.1 Å². The van der Waals surface area contributed by atoms with Crippen molar-refractivity contribution in [3.05, 3.63) is 41.8 Å². The molecule has 0 saturated carbocycles. The molecule has 0 aliphatic heterocycles. The van der Waals surface area contributed by atoms with Crippen molar-refractivity contribution in [1.29, 1.82) is 0 Å². The van der Waals surface area contributed by atoms with Crippen molar-refractivity contribution in [2.45, 2.75) is 20.3 Å². The maximum atomic E-state index is 13.9. The van der Waals surface area contributed by atoms with Crippen LogP contribution in [-0.4, -0.2) is 23.6 Å². The van der Waals surface area contributed by atoms with Crippen LogP contribution in [0.4, 0.5) is 21.8 Å². The van der Waals surface area contributed by atoms with E-state index in [1.165, 1.54) is 11.8 Å². The van der Waals surface area contributed by atoms with E-state index >= 15 is 0 Å². The molecule has 0 radical (unpaired) electrons. The van der Waals surface area contributed by atoms with Crippen LogP contribution in [0.25, 0.3) is 0 Å². The zero-order valence-corrected chi connectivity index (χ0v) is 12.0. The first-order chi connectivity index (χ1) is 9.65. The molecule has 0 spiro atoms. The predicted octanol–water partition coefficient (Wildman–Crippen LogP) is 3.38. The summed E-state index contributed by atoms with van der Waals surface area (Å²) in [7, 11) is 1.79. The summed E-state index contributed by atoms with van der Waals surface area (Å²) < 4.78 is 13.9. The largest absolute Gasteiger partial charge is 0.354 e. The highest BCUT2D eigenvalue weighted by molar-refractivity contribution is 5.60. The van der Waals surface area contributed by atoms with Gasteiger partial charge in [0.15, 0.2) is 11.6 Å². The summed E-state index contributed by atoms with van der Waals surface area (Å²) in [6.07, 6.45) is 2.17. The second-order valence-corrected chi connectivity index (χ2v) is 4.47. The summed E-state index contributed by atoms with van der Waals surface area (Å²) in [5.41, 5.74) is 2.14. The Morgan fingerprint density at radius 2 is 1.90 bits per heavy atom. The third-order valence-corrected chi connectivity index (χ3v) is 3.11. The maximum Gasteiger partial charge on any atom is 0.224 e. The van der Waals surface area contributed by atoms with E-state index < -0.39 is 5.82 Å². The van der Waals surface area contributed by atoms with E-state index in [-0.39, 0.29) is 5.82 Å². The van der Waals surface area contributed by atoms with Crippen LogP contribution in [0.2, 0.25) is 0 Å². The highest BCUT2D eigenvalue weighted by Gasteiger charge is 2.13. The number of nitrogens with zero attached hydrogens (tertiary/aromatic N) is 3. The van der Waals surface area contributed by atoms with Crippen molar-refractivity contribution in [2.75, 3.05) is 23.8 Å². The molecule has 1 aromatic heterocycles. The number of halogens is 1. The van der Waals surface area contributed by atoms with Gasteiger partial charge in [-0.3, -0.25) is 0 Å². The molecule has 0 saturated heterocycles. The number of benzene rings is 1. The van der Waals surface area contributed by atoms with Gasteiger partial charge in [-0.15, -0.1) is 0 Å². The Balaban J connectivity index is 2.30. The Morgan fingerprint density at radius 1 is 1.20 bits per heavy atom. The van der Waals surface area contributed by atoms with Crippen molar-refractivity contribution in [3.8, 4) is 0 Å². The number of hydrogen-bond acceptors (Lipinski definition) is 4. The lowest BCUT2D eigenvalue weighted by Crippen LogP contribution is -2.15. The summed E-state index contributed by atoms with van der Waals surface area (Å²) in [5, 5.41) is 2.98. The van der Waals surface area contributed by atoms with Crippen LogP contribution in [0.1, 0.15) is 19.4 Å². The highest BCUT2D eigenvalue weighted by Crippen LogP contribution is 2.25. The van der Waals surface area contributed by atoms with Crippen LogP contribution in [0, 0.1) is 5.82 Å². The molecule has 106 valence electrons. The van der Waals surface area contributed by atoms with Gasteiger partial charge in [-0.2, -0.15) is 4.98 Å². The number of hydrogen-bond donors (Lipinski definition) is 1. The van der Waals surface area contributed by atoms with Crippen LogP contribution in [0.15, 0.2) is 30.5 Å². The summed E-state index contributed by atoms with van der Waals surface area (Å²) >= 11 is 0. The van der Waals surface area contributed by atoms with E-state index in [4.69, 9.17) is 0 Å². The Hall–Kier alpha value is -2.17. The standard InChI is InChI=1S/C15H19FN4/c1-4-11-6-8-12(9-7-11)20(3)14-13(16)10-18-15(19-14)17-5-2/h6-10H,4-5H2,1-3H3,(H,17,18,19). The third kappa shape index (κ3) is 3.04. The molecule has 0 atom stereocenters. The number of rotatable bonds is 5. The minimum atomic E-state index is -0.436. The van der Waals surface area contributed by atoms with Crippen molar-refractivity contribution in [3.63, 3.8) is 0 Å². The second-order valence-electron chi connectivity index (χ2n) is 4.47. The third-order valence-electron chi connectivity index (χ3n) is 3.11. The first kappa shape index (κ1) is 14.2. The molecule has 0 amide bonds. The summed E-state index contributed by atoms with van der Waals surface area (Å²) in [4.78, 5) is 9.84. The average Bonchev–Trinajstić information content (AvgIpc) is 2.49. The van der Waals surface area contributed by atoms with Crippen LogP contribution in [-0.2, 0) is 6.42 Å². The zero-order chi connectivity index (χ0) is 14.5. The molecule has 0 unspecified atom stereocenters. The van der Waals surface area contributed by atoms with Gasteiger partial charge in [-0.05, 0) is 31.0 Å². The molecular weight excluding hydrogens is 255 g/mol. The summed E-state index contributed by atoms with van der Waals surface area (Å²) in [6.45, 7) is 4.74. The van der Waals surface area contributed by atoms with Crippen molar-refractivity contribution >= 4 is 17.5 Å². The number of anilines is 3. The lowest BCUT2D eigenvalue weighted by molar-refractivity contribution is 0.614. The van der Waals surface area contributed by atoms with E-state index in [1.807, 2.05) is 31.2 Å². The second kappa shape index (κ2) is 6.32. The van der Waals surface area contributed by atoms with E-state index in [1.54, 1.807) is 11.9 Å². The Kier molecular flexibility index (Phi) is 4.50. The zero-order valence-electron chi connectivity index (χ0n) is 12.0. The van der Waals surface area contributed by atoms with Gasteiger partial charge in [0, 0.05) is 19.3 Å². The summed E-state index contributed by atoms with van der Waals surface area (Å²) in [5.74, 6) is 0.259. The van der Waals surface area contributed by atoms with E-state index in [0.29, 0.717) is 12.5 Å². The molecule has 0 bridgehead atoms. The molecule has 5 heteroatoms. The molecule has 1 N–H and O–H groups in total. The predicted molar refractivity (Wildman–Crippen MR) is 80.0 cm³/mol. The first-order valence-electron chi connectivity index (χ1n) is 6.74. The lowest BCUT2D eigenvalue weighted by Gasteiger charge is -2.19. The quantitative estimate of drug-likeness (QED) is 0.907. The lowest BCUT2D eigenvalue weighted by atomic mass is 10.1. The number of nitrogens with one attached hydrogen (secondary N) is 1. The van der Waals surface area contributed by atoms with Gasteiger partial charge in [0.1, 0.15) is 0 Å². The van der Waals surface area contributed by atoms with Gasteiger partial charge in [0.05, 0.1) is 6.20 Å². The van der Waals surface area contributed by atoms with Gasteiger partial charge in [0.2, 0.25) is 5.95 Å². The molecule has 1 aromatic carbocycles. The Morgan fingerprint density at radius 3 is 2.50 bits per heavy atom. The van der Waals surface area contributed by atoms with Gasteiger partial charge >= 0.3 is 0 Å². The van der Waals surface area contributed by atoms with Crippen molar-refractivity contribution in [2.24, 2.45) is 0 Å². The fraction of sp³-hybridized carbons (Fsp3) is 0.333. The first-order valence-corrected chi connectivity index (χ1v) is 6.74. The molecular formula is C15H19FN4. The van der Waals surface area contributed by atoms with Gasteiger partial charge in [0.25, 0.3) is 0 Å². The molecule has 4 nitrogen and oxygen atoms in total. The minimum absolute atomic E-state index is 0.264.